The zero-order valence-corrected chi connectivity index (χ0v) is 24.8. The van der Waals surface area contributed by atoms with Crippen molar-refractivity contribution in [2.24, 2.45) is 46.3 Å². The van der Waals surface area contributed by atoms with Gasteiger partial charge in [-0.25, -0.2) is 0 Å². The zero-order chi connectivity index (χ0) is 25.3. The van der Waals surface area contributed by atoms with E-state index in [0.717, 1.165) is 24.2 Å². The summed E-state index contributed by atoms with van der Waals surface area (Å²) >= 11 is 0. The number of hydrogen-bond donors (Lipinski definition) is 1. The summed E-state index contributed by atoms with van der Waals surface area (Å²) in [7, 11) is -1.85. The fourth-order valence-electron chi connectivity index (χ4n) is 9.50. The molecule has 4 aliphatic rings. The second-order valence-electron chi connectivity index (χ2n) is 15.4. The Bertz CT molecular complexity index is 803. The van der Waals surface area contributed by atoms with Crippen molar-refractivity contribution in [3.63, 3.8) is 0 Å². The molecule has 0 amide bonds. The molecule has 4 rings (SSSR count). The van der Waals surface area contributed by atoms with Gasteiger partial charge in [-0.15, -0.1) is 12.3 Å². The van der Waals surface area contributed by atoms with Crippen molar-refractivity contribution in [2.45, 2.75) is 136 Å². The van der Waals surface area contributed by atoms with Crippen LogP contribution in [0.4, 0.5) is 0 Å². The molecule has 4 saturated carbocycles. The number of hydrogen-bond acceptors (Lipinski definition) is 2. The van der Waals surface area contributed by atoms with Crippen molar-refractivity contribution in [1.82, 2.24) is 0 Å². The molecule has 0 bridgehead atoms. The Kier molecular flexibility index (Phi) is 6.79. The van der Waals surface area contributed by atoms with Gasteiger partial charge in [0.25, 0.3) is 0 Å². The first-order chi connectivity index (χ1) is 15.6. The maximum Gasteiger partial charge on any atom is 0.192 e. The van der Waals surface area contributed by atoms with Gasteiger partial charge in [0.2, 0.25) is 0 Å². The molecular weight excluding hydrogens is 432 g/mol. The van der Waals surface area contributed by atoms with Crippen molar-refractivity contribution in [3.05, 3.63) is 0 Å². The van der Waals surface area contributed by atoms with Crippen LogP contribution in [0.3, 0.4) is 0 Å². The highest BCUT2D eigenvalue weighted by Crippen LogP contribution is 2.69. The van der Waals surface area contributed by atoms with Crippen molar-refractivity contribution in [1.29, 1.82) is 0 Å². The van der Waals surface area contributed by atoms with Gasteiger partial charge in [-0.1, -0.05) is 48.0 Å². The van der Waals surface area contributed by atoms with E-state index >= 15 is 0 Å². The van der Waals surface area contributed by atoms with Crippen LogP contribution in [-0.2, 0) is 4.43 Å². The lowest BCUT2D eigenvalue weighted by Gasteiger charge is -2.64. The minimum Gasteiger partial charge on any atom is -0.414 e. The van der Waals surface area contributed by atoms with Crippen LogP contribution < -0.4 is 0 Å². The predicted octanol–water partition coefficient (Wildman–Crippen LogP) is 8.06. The molecule has 3 heteroatoms. The summed E-state index contributed by atoms with van der Waals surface area (Å²) in [6.07, 6.45) is 16.9. The Morgan fingerprint density at radius 1 is 0.941 bits per heavy atom. The third-order valence-corrected chi connectivity index (χ3v) is 16.9. The van der Waals surface area contributed by atoms with Crippen molar-refractivity contribution in [2.75, 3.05) is 0 Å². The highest BCUT2D eigenvalue weighted by molar-refractivity contribution is 6.74. The molecule has 1 N–H and O–H groups in total. The summed E-state index contributed by atoms with van der Waals surface area (Å²) in [6.45, 7) is 21.7. The maximum absolute atomic E-state index is 11.4. The lowest BCUT2D eigenvalue weighted by Crippen LogP contribution is -2.60. The molecule has 194 valence electrons. The molecule has 0 spiro atoms. The first-order valence-corrected chi connectivity index (χ1v) is 17.3. The minimum atomic E-state index is -1.85. The lowest BCUT2D eigenvalue weighted by atomic mass is 9.43. The second kappa shape index (κ2) is 8.63. The third kappa shape index (κ3) is 4.16. The van der Waals surface area contributed by atoms with E-state index in [4.69, 9.17) is 10.8 Å². The minimum absolute atomic E-state index is 0.203. The van der Waals surface area contributed by atoms with Crippen LogP contribution in [0.25, 0.3) is 0 Å². The first-order valence-electron chi connectivity index (χ1n) is 14.4. The summed E-state index contributed by atoms with van der Waals surface area (Å²) in [4.78, 5) is 0. The van der Waals surface area contributed by atoms with Gasteiger partial charge in [0.05, 0.1) is 5.60 Å². The Balaban J connectivity index is 1.68. The quantitative estimate of drug-likeness (QED) is 0.322. The van der Waals surface area contributed by atoms with Gasteiger partial charge in [0.15, 0.2) is 8.32 Å². The number of aliphatic hydroxyl groups is 1. The molecular formula is C31H54O2Si. The lowest BCUT2D eigenvalue weighted by molar-refractivity contribution is -0.169. The van der Waals surface area contributed by atoms with Crippen molar-refractivity contribution in [3.8, 4) is 12.3 Å². The van der Waals surface area contributed by atoms with Gasteiger partial charge in [-0.3, -0.25) is 0 Å². The molecule has 4 aliphatic carbocycles. The molecule has 0 aliphatic heterocycles. The average Bonchev–Trinajstić information content (AvgIpc) is 3.06. The maximum atomic E-state index is 11.4. The fraction of sp³-hybridized carbons (Fsp3) is 0.935. The van der Waals surface area contributed by atoms with E-state index in [2.05, 4.69) is 60.6 Å². The van der Waals surface area contributed by atoms with Crippen LogP contribution in [0, 0.1) is 58.7 Å². The summed E-state index contributed by atoms with van der Waals surface area (Å²) in [5.74, 6) is 6.88. The van der Waals surface area contributed by atoms with Gasteiger partial charge in [-0.2, -0.15) is 0 Å². The number of rotatable bonds is 4. The zero-order valence-electron chi connectivity index (χ0n) is 23.8. The molecule has 4 fully saturated rings. The highest BCUT2D eigenvalue weighted by Gasteiger charge is 2.64. The molecule has 0 aromatic rings. The summed E-state index contributed by atoms with van der Waals surface area (Å²) in [6, 6.07) is 0. The molecule has 10 atom stereocenters. The monoisotopic (exact) mass is 486 g/mol. The summed E-state index contributed by atoms with van der Waals surface area (Å²) in [5.41, 5.74) is -0.138. The molecule has 0 unspecified atom stereocenters. The smallest absolute Gasteiger partial charge is 0.192 e. The van der Waals surface area contributed by atoms with Crippen LogP contribution in [0.5, 0.6) is 0 Å². The second-order valence-corrected chi connectivity index (χ2v) is 20.2. The van der Waals surface area contributed by atoms with Crippen LogP contribution in [0.1, 0.15) is 106 Å². The fourth-order valence-corrected chi connectivity index (χ4v) is 10.9. The Morgan fingerprint density at radius 3 is 2.18 bits per heavy atom. The standard InChI is InChI=1S/C31H54O2Si/c1-11-16-31(8,32)27-13-12-23-22-20-26(33-34(9,10)28(3,4)5)25-19-21(2)14-17-29(25,6)24(22)15-18-30(23,27)7/h1,21-27,32H,12-20H2,2-10H3/t21-,22-,23-,24-,25+,26-,27-,29+,30-,31-/m0/s1. The molecule has 0 aromatic carbocycles. The predicted molar refractivity (Wildman–Crippen MR) is 146 cm³/mol. The largest absolute Gasteiger partial charge is 0.414 e. The van der Waals surface area contributed by atoms with Crippen LogP contribution in [0.2, 0.25) is 18.1 Å². The Morgan fingerprint density at radius 2 is 1.56 bits per heavy atom. The van der Waals surface area contributed by atoms with E-state index in [0.29, 0.717) is 35.7 Å². The summed E-state index contributed by atoms with van der Waals surface area (Å²) < 4.78 is 7.35. The van der Waals surface area contributed by atoms with E-state index in [-0.39, 0.29) is 10.5 Å². The molecule has 0 saturated heterocycles. The van der Waals surface area contributed by atoms with Gasteiger partial charge in [-0.05, 0) is 116 Å². The normalized spacial score (nSPS) is 46.6. The molecule has 0 heterocycles. The van der Waals surface area contributed by atoms with Crippen molar-refractivity contribution < 1.29 is 9.53 Å². The van der Waals surface area contributed by atoms with Crippen LogP contribution >= 0.6 is 0 Å². The van der Waals surface area contributed by atoms with Gasteiger partial charge in [0, 0.05) is 12.5 Å². The summed E-state index contributed by atoms with van der Waals surface area (Å²) in [5, 5.41) is 11.7. The van der Waals surface area contributed by atoms with Gasteiger partial charge < -0.3 is 9.53 Å². The molecule has 2 nitrogen and oxygen atoms in total. The van der Waals surface area contributed by atoms with E-state index in [1.54, 1.807) is 0 Å². The van der Waals surface area contributed by atoms with Crippen LogP contribution in [-0.4, -0.2) is 25.1 Å². The van der Waals surface area contributed by atoms with E-state index in [1.807, 2.05) is 6.92 Å². The van der Waals surface area contributed by atoms with E-state index < -0.39 is 13.9 Å². The Hall–Kier alpha value is -0.303. The van der Waals surface area contributed by atoms with Crippen molar-refractivity contribution >= 4 is 8.32 Å². The van der Waals surface area contributed by atoms with E-state index in [9.17, 15) is 5.11 Å². The molecule has 0 radical (unpaired) electrons. The van der Waals surface area contributed by atoms with Crippen LogP contribution in [0.15, 0.2) is 0 Å². The topological polar surface area (TPSA) is 29.5 Å². The van der Waals surface area contributed by atoms with Gasteiger partial charge >= 0.3 is 0 Å². The number of fused-ring (bicyclic) bond motifs is 5. The van der Waals surface area contributed by atoms with Gasteiger partial charge in [0.1, 0.15) is 0 Å². The third-order valence-electron chi connectivity index (χ3n) is 12.4. The Labute approximate surface area is 212 Å². The van der Waals surface area contributed by atoms with E-state index in [1.165, 1.54) is 44.9 Å². The highest BCUT2D eigenvalue weighted by atomic mass is 28.4. The molecule has 0 aromatic heterocycles. The SMILES string of the molecule is C#CC[C@](C)(O)[C@H]1CC[C@H]2[C@@H]3C[C@H](O[Si](C)(C)C(C)(C)C)[C@H]4C[C@@H](C)CC[C@]4(C)[C@H]3CC[C@@]21C. The molecule has 34 heavy (non-hydrogen) atoms. The first kappa shape index (κ1) is 26.8. The average molecular weight is 487 g/mol. The number of terminal acetylenes is 1.